The van der Waals surface area contributed by atoms with Gasteiger partial charge in [-0.15, -0.1) is 0 Å². The Balaban J connectivity index is 1.83. The van der Waals surface area contributed by atoms with Crippen LogP contribution in [-0.2, 0) is 0 Å². The van der Waals surface area contributed by atoms with Crippen molar-refractivity contribution < 1.29 is 4.79 Å². The van der Waals surface area contributed by atoms with Gasteiger partial charge in [0.2, 0.25) is 0 Å². The molecule has 1 aliphatic rings. The number of aromatic amines is 1. The Hall–Kier alpha value is -1.62. The summed E-state index contributed by atoms with van der Waals surface area (Å²) in [5, 5.41) is 6.01. The number of hydrogen-bond donors (Lipinski definition) is 3. The highest BCUT2D eigenvalue weighted by molar-refractivity contribution is 5.93. The van der Waals surface area contributed by atoms with Crippen LogP contribution in [0.3, 0.4) is 0 Å². The molecule has 17 heavy (non-hydrogen) atoms. The Labute approximate surface area is 99.6 Å². The second kappa shape index (κ2) is 5.14. The Morgan fingerprint density at radius 1 is 1.47 bits per heavy atom. The van der Waals surface area contributed by atoms with E-state index < -0.39 is 0 Å². The van der Waals surface area contributed by atoms with Crippen molar-refractivity contribution in [1.82, 2.24) is 15.6 Å². The van der Waals surface area contributed by atoms with E-state index in [2.05, 4.69) is 15.6 Å². The van der Waals surface area contributed by atoms with Crippen LogP contribution in [0.25, 0.3) is 0 Å². The number of H-pyrrole nitrogens is 1. The summed E-state index contributed by atoms with van der Waals surface area (Å²) in [6, 6.07) is 2.06. The number of pyridine rings is 1. The fraction of sp³-hybridized carbons (Fsp3) is 0.500. The van der Waals surface area contributed by atoms with E-state index in [4.69, 9.17) is 0 Å². The number of rotatable bonds is 5. The molecule has 0 unspecified atom stereocenters. The SMILES string of the molecule is Cc1cc(=O)c(C(=O)NCCNC2CC2)c[nH]1. The molecule has 1 saturated carbocycles. The third-order valence-electron chi connectivity index (χ3n) is 2.72. The smallest absolute Gasteiger partial charge is 0.256 e. The van der Waals surface area contributed by atoms with Crippen molar-refractivity contribution in [2.75, 3.05) is 13.1 Å². The first-order valence-electron chi connectivity index (χ1n) is 5.88. The zero-order valence-electron chi connectivity index (χ0n) is 9.88. The minimum absolute atomic E-state index is 0.169. The van der Waals surface area contributed by atoms with Gasteiger partial charge in [0.05, 0.1) is 0 Å². The van der Waals surface area contributed by atoms with Gasteiger partial charge in [-0.3, -0.25) is 9.59 Å². The van der Waals surface area contributed by atoms with Crippen LogP contribution in [0.2, 0.25) is 0 Å². The molecule has 0 atom stereocenters. The molecule has 2 rings (SSSR count). The quantitative estimate of drug-likeness (QED) is 0.637. The lowest BCUT2D eigenvalue weighted by Gasteiger charge is -2.05. The zero-order valence-corrected chi connectivity index (χ0v) is 9.88. The fourth-order valence-electron chi connectivity index (χ4n) is 1.59. The van der Waals surface area contributed by atoms with Crippen molar-refractivity contribution >= 4 is 5.91 Å². The molecule has 0 spiro atoms. The van der Waals surface area contributed by atoms with Gasteiger partial charge in [-0.25, -0.2) is 0 Å². The fourth-order valence-corrected chi connectivity index (χ4v) is 1.59. The van der Waals surface area contributed by atoms with Crippen LogP contribution >= 0.6 is 0 Å². The monoisotopic (exact) mass is 235 g/mol. The van der Waals surface area contributed by atoms with Gasteiger partial charge in [0, 0.05) is 37.1 Å². The molecule has 0 bridgehead atoms. The highest BCUT2D eigenvalue weighted by Gasteiger charge is 2.19. The van der Waals surface area contributed by atoms with Crippen molar-refractivity contribution in [2.24, 2.45) is 0 Å². The third kappa shape index (κ3) is 3.42. The summed E-state index contributed by atoms with van der Waals surface area (Å²) in [6.45, 7) is 3.07. The van der Waals surface area contributed by atoms with Crippen LogP contribution in [-0.4, -0.2) is 30.0 Å². The maximum Gasteiger partial charge on any atom is 0.256 e. The molecule has 1 aliphatic carbocycles. The molecule has 1 aromatic heterocycles. The molecular weight excluding hydrogens is 218 g/mol. The summed E-state index contributed by atoms with van der Waals surface area (Å²) < 4.78 is 0. The van der Waals surface area contributed by atoms with Gasteiger partial charge in [-0.05, 0) is 19.8 Å². The largest absolute Gasteiger partial charge is 0.364 e. The predicted molar refractivity (Wildman–Crippen MR) is 65.2 cm³/mol. The van der Waals surface area contributed by atoms with E-state index in [-0.39, 0.29) is 16.9 Å². The molecule has 92 valence electrons. The molecule has 3 N–H and O–H groups in total. The van der Waals surface area contributed by atoms with Gasteiger partial charge in [0.1, 0.15) is 5.56 Å². The minimum atomic E-state index is -0.316. The summed E-state index contributed by atoms with van der Waals surface area (Å²) in [7, 11) is 0. The molecular formula is C12H17N3O2. The Bertz CT molecular complexity index is 463. The highest BCUT2D eigenvalue weighted by Crippen LogP contribution is 2.17. The van der Waals surface area contributed by atoms with Crippen molar-refractivity contribution in [1.29, 1.82) is 0 Å². The highest BCUT2D eigenvalue weighted by atomic mass is 16.2. The second-order valence-electron chi connectivity index (χ2n) is 4.38. The first-order valence-corrected chi connectivity index (χ1v) is 5.88. The second-order valence-corrected chi connectivity index (χ2v) is 4.38. The van der Waals surface area contributed by atoms with Gasteiger partial charge in [0.15, 0.2) is 5.43 Å². The maximum absolute atomic E-state index is 11.7. The van der Waals surface area contributed by atoms with Crippen LogP contribution in [0, 0.1) is 6.92 Å². The molecule has 0 aliphatic heterocycles. The average molecular weight is 235 g/mol. The first kappa shape index (κ1) is 11.9. The number of aryl methyl sites for hydroxylation is 1. The van der Waals surface area contributed by atoms with Crippen LogP contribution in [0.5, 0.6) is 0 Å². The van der Waals surface area contributed by atoms with E-state index in [0.717, 1.165) is 12.2 Å². The molecule has 1 aromatic rings. The lowest BCUT2D eigenvalue weighted by molar-refractivity contribution is 0.0952. The Morgan fingerprint density at radius 3 is 2.88 bits per heavy atom. The normalized spacial score (nSPS) is 14.6. The van der Waals surface area contributed by atoms with Gasteiger partial charge < -0.3 is 15.6 Å². The first-order chi connectivity index (χ1) is 8.16. The van der Waals surface area contributed by atoms with E-state index in [9.17, 15) is 9.59 Å². The summed E-state index contributed by atoms with van der Waals surface area (Å²) in [4.78, 5) is 26.1. The molecule has 5 heteroatoms. The molecule has 1 amide bonds. The third-order valence-corrected chi connectivity index (χ3v) is 2.72. The van der Waals surface area contributed by atoms with E-state index in [1.807, 2.05) is 0 Å². The van der Waals surface area contributed by atoms with E-state index in [1.54, 1.807) is 6.92 Å². The van der Waals surface area contributed by atoms with Crippen molar-refractivity contribution in [3.8, 4) is 0 Å². The van der Waals surface area contributed by atoms with Crippen molar-refractivity contribution in [3.63, 3.8) is 0 Å². The standard InChI is InChI=1S/C12H17N3O2/c1-8-6-11(16)10(7-15-8)12(17)14-5-4-13-9-2-3-9/h6-7,9,13H,2-5H2,1H3,(H,14,17)(H,15,16). The van der Waals surface area contributed by atoms with Crippen molar-refractivity contribution in [3.05, 3.63) is 33.7 Å². The summed E-state index contributed by atoms with van der Waals surface area (Å²) >= 11 is 0. The van der Waals surface area contributed by atoms with Crippen LogP contribution in [0.4, 0.5) is 0 Å². The van der Waals surface area contributed by atoms with Gasteiger partial charge >= 0.3 is 0 Å². The number of aromatic nitrogens is 1. The summed E-state index contributed by atoms with van der Waals surface area (Å²) in [5.74, 6) is -0.316. The van der Waals surface area contributed by atoms with Crippen molar-refractivity contribution in [2.45, 2.75) is 25.8 Å². The van der Waals surface area contributed by atoms with Gasteiger partial charge in [-0.1, -0.05) is 0 Å². The van der Waals surface area contributed by atoms with E-state index in [1.165, 1.54) is 25.1 Å². The van der Waals surface area contributed by atoms with Gasteiger partial charge in [0.25, 0.3) is 5.91 Å². The molecule has 1 heterocycles. The van der Waals surface area contributed by atoms with E-state index >= 15 is 0 Å². The number of nitrogens with one attached hydrogen (secondary N) is 3. The summed E-state index contributed by atoms with van der Waals surface area (Å²) in [5.41, 5.74) is 0.679. The molecule has 0 aromatic carbocycles. The number of hydrogen-bond acceptors (Lipinski definition) is 3. The maximum atomic E-state index is 11.7. The lowest BCUT2D eigenvalue weighted by atomic mass is 10.2. The summed E-state index contributed by atoms with van der Waals surface area (Å²) in [6.07, 6.45) is 3.92. The Morgan fingerprint density at radius 2 is 2.24 bits per heavy atom. The Kier molecular flexibility index (Phi) is 3.58. The zero-order chi connectivity index (χ0) is 12.3. The number of carbonyl (C=O) groups is 1. The van der Waals surface area contributed by atoms with Gasteiger partial charge in [-0.2, -0.15) is 0 Å². The molecule has 0 saturated heterocycles. The number of carbonyl (C=O) groups excluding carboxylic acids is 1. The topological polar surface area (TPSA) is 74.0 Å². The molecule has 0 radical (unpaired) electrons. The van der Waals surface area contributed by atoms with Crippen LogP contribution < -0.4 is 16.1 Å². The average Bonchev–Trinajstić information content (AvgIpc) is 3.08. The van der Waals surface area contributed by atoms with Crippen LogP contribution in [0.15, 0.2) is 17.1 Å². The molecule has 5 nitrogen and oxygen atoms in total. The van der Waals surface area contributed by atoms with E-state index in [0.29, 0.717) is 12.6 Å². The predicted octanol–water partition coefficient (Wildman–Crippen LogP) is 0.165. The van der Waals surface area contributed by atoms with Crippen LogP contribution in [0.1, 0.15) is 28.9 Å². The molecule has 1 fully saturated rings. The number of amides is 1. The minimum Gasteiger partial charge on any atom is -0.364 e. The lowest BCUT2D eigenvalue weighted by Crippen LogP contribution is -2.34.